The van der Waals surface area contributed by atoms with Gasteiger partial charge < -0.3 is 14.5 Å². The number of carbonyl (C=O) groups excluding carboxylic acids is 1. The van der Waals surface area contributed by atoms with Crippen LogP contribution in [0.5, 0.6) is 0 Å². The number of anilines is 2. The van der Waals surface area contributed by atoms with E-state index in [0.717, 1.165) is 36.3 Å². The summed E-state index contributed by atoms with van der Waals surface area (Å²) >= 11 is 0. The summed E-state index contributed by atoms with van der Waals surface area (Å²) < 4.78 is 5.39. The van der Waals surface area contributed by atoms with Crippen LogP contribution in [-0.2, 0) is 10.2 Å². The number of amides is 1. The van der Waals surface area contributed by atoms with Crippen molar-refractivity contribution < 1.29 is 9.53 Å². The molecule has 3 aliphatic rings. The number of rotatable bonds is 5. The van der Waals surface area contributed by atoms with Crippen LogP contribution < -0.4 is 4.90 Å². The SMILES string of the molecule is C=CC(=N/C=C\C)c1cnc(N2CC3(CC3)c3ccc(C(=O)N4CCOCC4)cc32)nc1.CC. The van der Waals surface area contributed by atoms with E-state index in [2.05, 4.69) is 32.5 Å². The topological polar surface area (TPSA) is 70.9 Å². The predicted molar refractivity (Wildman–Crippen MR) is 136 cm³/mol. The van der Waals surface area contributed by atoms with Crippen molar-refractivity contribution in [3.63, 3.8) is 0 Å². The van der Waals surface area contributed by atoms with Crippen LogP contribution in [0.25, 0.3) is 0 Å². The average molecular weight is 460 g/mol. The van der Waals surface area contributed by atoms with Gasteiger partial charge in [0.15, 0.2) is 0 Å². The number of fused-ring (bicyclic) bond motifs is 2. The van der Waals surface area contributed by atoms with Crippen molar-refractivity contribution >= 4 is 23.3 Å². The van der Waals surface area contributed by atoms with Gasteiger partial charge in [0.2, 0.25) is 5.95 Å². The molecule has 0 N–H and O–H groups in total. The van der Waals surface area contributed by atoms with E-state index in [1.807, 2.05) is 43.9 Å². The molecule has 1 saturated heterocycles. The van der Waals surface area contributed by atoms with Crippen molar-refractivity contribution in [2.24, 2.45) is 4.99 Å². The first-order chi connectivity index (χ1) is 16.6. The molecule has 1 aliphatic carbocycles. The molecule has 1 saturated carbocycles. The molecular formula is C27H33N5O2. The number of allylic oxidation sites excluding steroid dienone is 2. The zero-order valence-electron chi connectivity index (χ0n) is 20.3. The van der Waals surface area contributed by atoms with Crippen LogP contribution in [0.15, 0.2) is 60.5 Å². The summed E-state index contributed by atoms with van der Waals surface area (Å²) in [6.45, 7) is 13.1. The van der Waals surface area contributed by atoms with Gasteiger partial charge in [-0.3, -0.25) is 9.79 Å². The minimum absolute atomic E-state index is 0.0554. The highest BCUT2D eigenvalue weighted by Crippen LogP contribution is 2.57. The fourth-order valence-corrected chi connectivity index (χ4v) is 4.51. The second-order valence-corrected chi connectivity index (χ2v) is 8.48. The normalized spacial score (nSPS) is 18.5. The van der Waals surface area contributed by atoms with Crippen molar-refractivity contribution in [3.8, 4) is 0 Å². The van der Waals surface area contributed by atoms with E-state index in [1.54, 1.807) is 24.7 Å². The van der Waals surface area contributed by atoms with Crippen molar-refractivity contribution in [3.05, 3.63) is 72.2 Å². The van der Waals surface area contributed by atoms with Crippen molar-refractivity contribution in [2.45, 2.75) is 39.0 Å². The Labute approximate surface area is 201 Å². The van der Waals surface area contributed by atoms with Gasteiger partial charge in [-0.05, 0) is 43.5 Å². The van der Waals surface area contributed by atoms with Crippen LogP contribution in [0, 0.1) is 0 Å². The third-order valence-corrected chi connectivity index (χ3v) is 6.45. The Hall–Kier alpha value is -3.32. The van der Waals surface area contributed by atoms with Crippen LogP contribution in [0.4, 0.5) is 11.6 Å². The van der Waals surface area contributed by atoms with Gasteiger partial charge in [0.1, 0.15) is 0 Å². The van der Waals surface area contributed by atoms with Crippen LogP contribution in [0.2, 0.25) is 0 Å². The van der Waals surface area contributed by atoms with Gasteiger partial charge in [-0.1, -0.05) is 32.6 Å². The molecule has 3 heterocycles. The lowest BCUT2D eigenvalue weighted by Gasteiger charge is -2.27. The second kappa shape index (κ2) is 10.3. The van der Waals surface area contributed by atoms with E-state index in [9.17, 15) is 4.79 Å². The highest BCUT2D eigenvalue weighted by molar-refractivity contribution is 6.08. The fourth-order valence-electron chi connectivity index (χ4n) is 4.51. The molecule has 1 aromatic carbocycles. The van der Waals surface area contributed by atoms with E-state index in [-0.39, 0.29) is 11.3 Å². The quantitative estimate of drug-likeness (QED) is 0.608. The standard InChI is InChI=1S/C25H27N5O2.C2H6/c1-3-9-26-21(4-2)19-15-27-24(28-16-19)30-17-25(7-8-25)20-6-5-18(14-22(20)30)23(31)29-10-12-32-13-11-29;1-2/h3-6,9,14-16H,2,7-8,10-13,17H2,1H3;1-2H3/b9-3-,26-21?;. The van der Waals surface area contributed by atoms with Crippen LogP contribution in [0.3, 0.4) is 0 Å². The molecule has 34 heavy (non-hydrogen) atoms. The van der Waals surface area contributed by atoms with Gasteiger partial charge in [0, 0.05) is 60.5 Å². The van der Waals surface area contributed by atoms with Crippen molar-refractivity contribution in [2.75, 3.05) is 37.7 Å². The number of ether oxygens (including phenoxy) is 1. The van der Waals surface area contributed by atoms with E-state index in [1.165, 1.54) is 5.56 Å². The monoisotopic (exact) mass is 459 g/mol. The van der Waals surface area contributed by atoms with Gasteiger partial charge >= 0.3 is 0 Å². The zero-order chi connectivity index (χ0) is 24.1. The van der Waals surface area contributed by atoms with Gasteiger partial charge in [-0.25, -0.2) is 9.97 Å². The molecule has 1 spiro atoms. The minimum Gasteiger partial charge on any atom is -0.378 e. The fraction of sp³-hybridized carbons (Fsp3) is 0.407. The predicted octanol–water partition coefficient (Wildman–Crippen LogP) is 4.67. The van der Waals surface area contributed by atoms with E-state index < -0.39 is 0 Å². The molecule has 2 aliphatic heterocycles. The molecule has 0 radical (unpaired) electrons. The second-order valence-electron chi connectivity index (χ2n) is 8.48. The summed E-state index contributed by atoms with van der Waals surface area (Å²) in [7, 11) is 0. The molecule has 7 heteroatoms. The Bertz CT molecular complexity index is 1100. The Kier molecular flexibility index (Phi) is 7.22. The number of aromatic nitrogens is 2. The molecule has 0 atom stereocenters. The third-order valence-electron chi connectivity index (χ3n) is 6.45. The number of benzene rings is 1. The van der Waals surface area contributed by atoms with Gasteiger partial charge in [0.05, 0.1) is 18.9 Å². The van der Waals surface area contributed by atoms with Gasteiger partial charge in [-0.2, -0.15) is 0 Å². The minimum atomic E-state index is 0.0554. The highest BCUT2D eigenvalue weighted by Gasteiger charge is 2.52. The number of nitrogens with zero attached hydrogens (tertiary/aromatic N) is 5. The van der Waals surface area contributed by atoms with Crippen LogP contribution >= 0.6 is 0 Å². The van der Waals surface area contributed by atoms with Crippen molar-refractivity contribution in [1.82, 2.24) is 14.9 Å². The molecule has 0 bridgehead atoms. The maximum atomic E-state index is 13.1. The first kappa shape index (κ1) is 23.8. The largest absolute Gasteiger partial charge is 0.378 e. The summed E-state index contributed by atoms with van der Waals surface area (Å²) in [5, 5.41) is 0. The first-order valence-electron chi connectivity index (χ1n) is 12.1. The Morgan fingerprint density at radius 3 is 2.47 bits per heavy atom. The maximum absolute atomic E-state index is 13.1. The molecular weight excluding hydrogens is 426 g/mol. The molecule has 5 rings (SSSR count). The molecule has 178 valence electrons. The number of hydrogen-bond acceptors (Lipinski definition) is 6. The lowest BCUT2D eigenvalue weighted by Crippen LogP contribution is -2.40. The zero-order valence-corrected chi connectivity index (χ0v) is 20.3. The number of carbonyl (C=O) groups is 1. The molecule has 7 nitrogen and oxygen atoms in total. The van der Waals surface area contributed by atoms with E-state index in [0.29, 0.717) is 37.8 Å². The lowest BCUT2D eigenvalue weighted by atomic mass is 9.97. The molecule has 0 unspecified atom stereocenters. The smallest absolute Gasteiger partial charge is 0.254 e. The summed E-state index contributed by atoms with van der Waals surface area (Å²) in [6, 6.07) is 6.11. The number of hydrogen-bond donors (Lipinski definition) is 0. The Balaban J connectivity index is 0.00000133. The van der Waals surface area contributed by atoms with Gasteiger partial charge in [0.25, 0.3) is 5.91 Å². The van der Waals surface area contributed by atoms with E-state index >= 15 is 0 Å². The number of aliphatic imine (C=N–C) groups is 1. The summed E-state index contributed by atoms with van der Waals surface area (Å²) in [4.78, 5) is 30.7. The summed E-state index contributed by atoms with van der Waals surface area (Å²) in [6.07, 6.45) is 11.2. The number of morpholine rings is 1. The Morgan fingerprint density at radius 1 is 1.15 bits per heavy atom. The molecule has 1 amide bonds. The molecule has 2 fully saturated rings. The van der Waals surface area contributed by atoms with Crippen molar-refractivity contribution in [1.29, 1.82) is 0 Å². The summed E-state index contributed by atoms with van der Waals surface area (Å²) in [5.41, 5.74) is 4.76. The summed E-state index contributed by atoms with van der Waals surface area (Å²) in [5.74, 6) is 0.698. The van der Waals surface area contributed by atoms with Gasteiger partial charge in [-0.15, -0.1) is 0 Å². The molecule has 1 aromatic heterocycles. The molecule has 2 aromatic rings. The van der Waals surface area contributed by atoms with Crippen LogP contribution in [-0.4, -0.2) is 59.3 Å². The van der Waals surface area contributed by atoms with E-state index in [4.69, 9.17) is 4.74 Å². The lowest BCUT2D eigenvalue weighted by molar-refractivity contribution is 0.0303. The highest BCUT2D eigenvalue weighted by atomic mass is 16.5. The first-order valence-corrected chi connectivity index (χ1v) is 12.1. The Morgan fingerprint density at radius 2 is 1.85 bits per heavy atom. The average Bonchev–Trinajstić information content (AvgIpc) is 3.62. The van der Waals surface area contributed by atoms with Crippen LogP contribution in [0.1, 0.15) is 55.1 Å². The third kappa shape index (κ3) is 4.53. The maximum Gasteiger partial charge on any atom is 0.254 e.